The van der Waals surface area contributed by atoms with E-state index in [9.17, 15) is 19.1 Å². The summed E-state index contributed by atoms with van der Waals surface area (Å²) in [5, 5.41) is 12.5. The van der Waals surface area contributed by atoms with E-state index in [0.29, 0.717) is 23.4 Å². The maximum absolute atomic E-state index is 13.0. The molecular formula is C22H17ClFNO3. The Morgan fingerprint density at radius 1 is 0.964 bits per heavy atom. The Labute approximate surface area is 166 Å². The topological polar surface area (TPSA) is 66.4 Å². The van der Waals surface area contributed by atoms with Crippen LogP contribution in [0.25, 0.3) is 0 Å². The summed E-state index contributed by atoms with van der Waals surface area (Å²) in [5.74, 6) is -1.76. The number of carboxylic acid groups (broad SMARTS) is 1. The molecule has 0 aliphatic heterocycles. The molecule has 0 unspecified atom stereocenters. The number of anilines is 2. The van der Waals surface area contributed by atoms with E-state index < -0.39 is 5.97 Å². The third kappa shape index (κ3) is 4.21. The monoisotopic (exact) mass is 397 g/mol. The van der Waals surface area contributed by atoms with Crippen LogP contribution in [-0.2, 0) is 6.42 Å². The average Bonchev–Trinajstić information content (AvgIpc) is 2.69. The van der Waals surface area contributed by atoms with Crippen molar-refractivity contribution in [3.05, 3.63) is 93.8 Å². The molecule has 0 saturated carbocycles. The molecule has 142 valence electrons. The summed E-state index contributed by atoms with van der Waals surface area (Å²) in [5.41, 5.74) is 2.72. The van der Waals surface area contributed by atoms with E-state index in [1.54, 1.807) is 36.4 Å². The molecule has 4 nitrogen and oxygen atoms in total. The van der Waals surface area contributed by atoms with Crippen molar-refractivity contribution in [1.29, 1.82) is 0 Å². The molecule has 3 aromatic carbocycles. The summed E-state index contributed by atoms with van der Waals surface area (Å²) in [7, 11) is 0. The normalized spacial score (nSPS) is 10.5. The van der Waals surface area contributed by atoms with Gasteiger partial charge in [-0.1, -0.05) is 24.6 Å². The number of benzene rings is 3. The summed E-state index contributed by atoms with van der Waals surface area (Å²) < 4.78 is 13.0. The number of ketones is 1. The van der Waals surface area contributed by atoms with E-state index in [1.165, 1.54) is 24.3 Å². The van der Waals surface area contributed by atoms with E-state index in [4.69, 9.17) is 11.6 Å². The quantitative estimate of drug-likeness (QED) is 0.522. The fraction of sp³-hybridized carbons (Fsp3) is 0.0909. The lowest BCUT2D eigenvalue weighted by Crippen LogP contribution is -2.09. The van der Waals surface area contributed by atoms with Gasteiger partial charge in [-0.15, -0.1) is 0 Å². The van der Waals surface area contributed by atoms with E-state index in [0.717, 1.165) is 5.56 Å². The molecule has 3 rings (SSSR count). The van der Waals surface area contributed by atoms with Gasteiger partial charge in [-0.05, 0) is 66.6 Å². The lowest BCUT2D eigenvalue weighted by atomic mass is 9.95. The number of hydrogen-bond donors (Lipinski definition) is 2. The molecule has 0 bridgehead atoms. The van der Waals surface area contributed by atoms with Crippen LogP contribution in [-0.4, -0.2) is 16.9 Å². The molecule has 0 atom stereocenters. The van der Waals surface area contributed by atoms with Gasteiger partial charge in [0.05, 0.1) is 10.6 Å². The molecule has 2 N–H and O–H groups in total. The Kier molecular flexibility index (Phi) is 5.76. The Morgan fingerprint density at radius 3 is 2.25 bits per heavy atom. The van der Waals surface area contributed by atoms with Crippen molar-refractivity contribution in [3.63, 3.8) is 0 Å². The number of hydrogen-bond acceptors (Lipinski definition) is 3. The number of rotatable bonds is 6. The number of aryl methyl sites for hydroxylation is 1. The first-order valence-corrected chi connectivity index (χ1v) is 9.00. The second-order valence-corrected chi connectivity index (χ2v) is 6.59. The first-order valence-electron chi connectivity index (χ1n) is 8.62. The van der Waals surface area contributed by atoms with Gasteiger partial charge >= 0.3 is 5.97 Å². The molecule has 6 heteroatoms. The van der Waals surface area contributed by atoms with Crippen LogP contribution in [0.3, 0.4) is 0 Å². The van der Waals surface area contributed by atoms with Gasteiger partial charge < -0.3 is 10.4 Å². The number of aromatic carboxylic acids is 1. The van der Waals surface area contributed by atoms with Gasteiger partial charge in [-0.2, -0.15) is 0 Å². The second kappa shape index (κ2) is 8.23. The molecule has 0 fully saturated rings. The van der Waals surface area contributed by atoms with Gasteiger partial charge in [0.25, 0.3) is 0 Å². The van der Waals surface area contributed by atoms with Crippen LogP contribution in [0.1, 0.15) is 38.8 Å². The average molecular weight is 398 g/mol. The van der Waals surface area contributed by atoms with Gasteiger partial charge in [0.15, 0.2) is 5.78 Å². The first-order chi connectivity index (χ1) is 13.4. The van der Waals surface area contributed by atoms with Crippen molar-refractivity contribution < 1.29 is 19.1 Å². The predicted octanol–water partition coefficient (Wildman–Crippen LogP) is 5.71. The lowest BCUT2D eigenvalue weighted by Gasteiger charge is -2.12. The minimum Gasteiger partial charge on any atom is -0.478 e. The molecule has 0 heterocycles. The van der Waals surface area contributed by atoms with E-state index in [-0.39, 0.29) is 27.8 Å². The highest BCUT2D eigenvalue weighted by Gasteiger charge is 2.18. The van der Waals surface area contributed by atoms with Crippen molar-refractivity contribution in [3.8, 4) is 0 Å². The highest BCUT2D eigenvalue weighted by molar-refractivity contribution is 6.35. The predicted molar refractivity (Wildman–Crippen MR) is 107 cm³/mol. The smallest absolute Gasteiger partial charge is 0.335 e. The van der Waals surface area contributed by atoms with E-state index >= 15 is 0 Å². The molecule has 0 saturated heterocycles. The Bertz CT molecular complexity index is 1050. The number of nitrogens with one attached hydrogen (secondary N) is 1. The van der Waals surface area contributed by atoms with Crippen LogP contribution in [0.15, 0.2) is 60.7 Å². The van der Waals surface area contributed by atoms with Gasteiger partial charge in [-0.25, -0.2) is 9.18 Å². The molecule has 0 aliphatic carbocycles. The number of halogens is 2. The summed E-state index contributed by atoms with van der Waals surface area (Å²) in [6.45, 7) is 1.89. The fourth-order valence-corrected chi connectivity index (χ4v) is 3.12. The standard InChI is InChI=1S/C22H17ClFNO3/c1-2-13-3-4-14(22(27)28)11-19(13)21(26)18-10-9-17(12-20(18)23)25-16-7-5-15(24)6-8-16/h3-12,25H,2H2,1H3,(H,27,28). The minimum absolute atomic E-state index is 0.0475. The highest BCUT2D eigenvalue weighted by atomic mass is 35.5. The summed E-state index contributed by atoms with van der Waals surface area (Å²) in [4.78, 5) is 24.2. The highest BCUT2D eigenvalue weighted by Crippen LogP contribution is 2.27. The molecule has 0 radical (unpaired) electrons. The molecular weight excluding hydrogens is 381 g/mol. The van der Waals surface area contributed by atoms with Gasteiger partial charge in [0.1, 0.15) is 5.82 Å². The summed E-state index contributed by atoms with van der Waals surface area (Å²) in [6.07, 6.45) is 0.586. The zero-order chi connectivity index (χ0) is 20.3. The lowest BCUT2D eigenvalue weighted by molar-refractivity contribution is 0.0697. The molecule has 0 aliphatic rings. The van der Waals surface area contributed by atoms with Crippen LogP contribution in [0.5, 0.6) is 0 Å². The zero-order valence-corrected chi connectivity index (χ0v) is 15.8. The third-order valence-electron chi connectivity index (χ3n) is 4.33. The maximum atomic E-state index is 13.0. The maximum Gasteiger partial charge on any atom is 0.335 e. The van der Waals surface area contributed by atoms with Crippen molar-refractivity contribution in [1.82, 2.24) is 0 Å². The van der Waals surface area contributed by atoms with Crippen LogP contribution >= 0.6 is 11.6 Å². The summed E-state index contributed by atoms with van der Waals surface area (Å²) >= 11 is 6.33. The Hall–Kier alpha value is -3.18. The van der Waals surface area contributed by atoms with Gasteiger partial charge in [0.2, 0.25) is 0 Å². The minimum atomic E-state index is -1.10. The Balaban J connectivity index is 1.91. The van der Waals surface area contributed by atoms with Crippen molar-refractivity contribution in [2.24, 2.45) is 0 Å². The van der Waals surface area contributed by atoms with Gasteiger partial charge in [0, 0.05) is 22.5 Å². The number of carbonyl (C=O) groups excluding carboxylic acids is 1. The Morgan fingerprint density at radius 2 is 1.64 bits per heavy atom. The number of carbonyl (C=O) groups is 2. The molecule has 3 aromatic rings. The van der Waals surface area contributed by atoms with Crippen molar-refractivity contribution in [2.75, 3.05) is 5.32 Å². The molecule has 28 heavy (non-hydrogen) atoms. The van der Waals surface area contributed by atoms with Crippen molar-refractivity contribution >= 4 is 34.7 Å². The van der Waals surface area contributed by atoms with Crippen LogP contribution < -0.4 is 5.32 Å². The first kappa shape index (κ1) is 19.6. The summed E-state index contributed by atoms with van der Waals surface area (Å²) in [6, 6.07) is 15.2. The van der Waals surface area contributed by atoms with E-state index in [1.807, 2.05) is 6.92 Å². The van der Waals surface area contributed by atoms with E-state index in [2.05, 4.69) is 5.32 Å². The zero-order valence-electron chi connectivity index (χ0n) is 15.0. The second-order valence-electron chi connectivity index (χ2n) is 6.19. The van der Waals surface area contributed by atoms with Crippen molar-refractivity contribution in [2.45, 2.75) is 13.3 Å². The molecule has 0 spiro atoms. The van der Waals surface area contributed by atoms with Crippen LogP contribution in [0.4, 0.5) is 15.8 Å². The van der Waals surface area contributed by atoms with Crippen LogP contribution in [0, 0.1) is 5.82 Å². The largest absolute Gasteiger partial charge is 0.478 e. The SMILES string of the molecule is CCc1ccc(C(=O)O)cc1C(=O)c1ccc(Nc2ccc(F)cc2)cc1Cl. The molecule has 0 aromatic heterocycles. The fourth-order valence-electron chi connectivity index (χ4n) is 2.85. The number of carboxylic acids is 1. The third-order valence-corrected chi connectivity index (χ3v) is 4.64. The molecule has 0 amide bonds. The van der Waals surface area contributed by atoms with Crippen LogP contribution in [0.2, 0.25) is 5.02 Å². The van der Waals surface area contributed by atoms with Gasteiger partial charge in [-0.3, -0.25) is 4.79 Å².